The molecular weight excluding hydrogens is 392 g/mol. The van der Waals surface area contributed by atoms with Crippen molar-refractivity contribution in [3.8, 4) is 27.2 Å². The molecule has 1 aliphatic heterocycles. The molecule has 10 heteroatoms. The van der Waals surface area contributed by atoms with Crippen LogP contribution in [-0.4, -0.2) is 43.9 Å². The lowest BCUT2D eigenvalue weighted by atomic mass is 10.2. The van der Waals surface area contributed by atoms with Crippen LogP contribution in [-0.2, 0) is 9.53 Å². The van der Waals surface area contributed by atoms with Crippen molar-refractivity contribution in [1.82, 2.24) is 24.7 Å². The summed E-state index contributed by atoms with van der Waals surface area (Å²) in [5.41, 5.74) is 0.830. The predicted octanol–water partition coefficient (Wildman–Crippen LogP) is 3.52. The number of nitrogens with one attached hydrogen (secondary N) is 1. The topological polar surface area (TPSA) is 104 Å². The molecule has 0 aromatic carbocycles. The third-order valence-electron chi connectivity index (χ3n) is 4.35. The van der Waals surface area contributed by atoms with Gasteiger partial charge in [0.25, 0.3) is 0 Å². The quantitative estimate of drug-likeness (QED) is 0.658. The van der Waals surface area contributed by atoms with E-state index in [0.29, 0.717) is 24.1 Å². The minimum absolute atomic E-state index is 0.0756. The van der Waals surface area contributed by atoms with E-state index in [1.165, 1.54) is 18.3 Å². The van der Waals surface area contributed by atoms with E-state index in [9.17, 15) is 4.79 Å². The molecule has 1 amide bonds. The molecule has 1 fully saturated rings. The van der Waals surface area contributed by atoms with Crippen molar-refractivity contribution in [2.45, 2.75) is 39.3 Å². The van der Waals surface area contributed by atoms with E-state index >= 15 is 0 Å². The standard InChI is InChI=1S/C19H22N6O3S/c1-3-27-18-16(17-21-11-25(24-17)15-6-4-5-9-28-15)29-19(23-18)13-7-8-20-14(10-13)22-12(2)26/h7-8,10-11,15H,3-6,9H2,1-2H3,(H,20,22,26). The van der Waals surface area contributed by atoms with Crippen molar-refractivity contribution in [3.63, 3.8) is 0 Å². The summed E-state index contributed by atoms with van der Waals surface area (Å²) in [6, 6.07) is 3.62. The molecule has 0 aliphatic carbocycles. The Bertz CT molecular complexity index is 996. The largest absolute Gasteiger partial charge is 0.477 e. The molecule has 1 atom stereocenters. The maximum Gasteiger partial charge on any atom is 0.236 e. The number of pyridine rings is 1. The molecule has 1 saturated heterocycles. The monoisotopic (exact) mass is 414 g/mol. The fourth-order valence-corrected chi connectivity index (χ4v) is 4.01. The molecule has 4 heterocycles. The minimum atomic E-state index is -0.177. The predicted molar refractivity (Wildman–Crippen MR) is 109 cm³/mol. The summed E-state index contributed by atoms with van der Waals surface area (Å²) in [4.78, 5) is 25.3. The van der Waals surface area contributed by atoms with Crippen molar-refractivity contribution < 1.29 is 14.3 Å². The Kier molecular flexibility index (Phi) is 5.81. The highest BCUT2D eigenvalue weighted by atomic mass is 32.1. The fraction of sp³-hybridized carbons (Fsp3) is 0.421. The summed E-state index contributed by atoms with van der Waals surface area (Å²) in [7, 11) is 0. The maximum atomic E-state index is 11.3. The van der Waals surface area contributed by atoms with Crippen LogP contribution in [0.4, 0.5) is 5.82 Å². The van der Waals surface area contributed by atoms with Crippen molar-refractivity contribution in [2.24, 2.45) is 0 Å². The molecule has 0 radical (unpaired) electrons. The number of amides is 1. The highest BCUT2D eigenvalue weighted by Crippen LogP contribution is 2.39. The molecule has 152 valence electrons. The Balaban J connectivity index is 1.65. The van der Waals surface area contributed by atoms with E-state index in [-0.39, 0.29) is 12.1 Å². The lowest BCUT2D eigenvalue weighted by Crippen LogP contribution is -2.18. The minimum Gasteiger partial charge on any atom is -0.477 e. The normalized spacial score (nSPS) is 16.6. The smallest absolute Gasteiger partial charge is 0.236 e. The molecule has 1 aliphatic rings. The van der Waals surface area contributed by atoms with Gasteiger partial charge in [-0.1, -0.05) is 0 Å². The molecule has 0 saturated carbocycles. The number of hydrogen-bond donors (Lipinski definition) is 1. The number of hydrogen-bond acceptors (Lipinski definition) is 8. The Morgan fingerprint density at radius 2 is 2.31 bits per heavy atom. The lowest BCUT2D eigenvalue weighted by Gasteiger charge is -2.21. The third kappa shape index (κ3) is 4.43. The Morgan fingerprint density at radius 3 is 3.07 bits per heavy atom. The van der Waals surface area contributed by atoms with Crippen LogP contribution < -0.4 is 10.1 Å². The number of carbonyl (C=O) groups is 1. The average molecular weight is 414 g/mol. The van der Waals surface area contributed by atoms with E-state index in [4.69, 9.17) is 9.47 Å². The van der Waals surface area contributed by atoms with Gasteiger partial charge in [-0.2, -0.15) is 0 Å². The van der Waals surface area contributed by atoms with Gasteiger partial charge in [0.1, 0.15) is 22.0 Å². The molecule has 0 spiro atoms. The summed E-state index contributed by atoms with van der Waals surface area (Å²) >= 11 is 1.44. The maximum absolute atomic E-state index is 11.3. The first-order valence-corrected chi connectivity index (χ1v) is 10.4. The first-order chi connectivity index (χ1) is 14.1. The number of nitrogens with zero attached hydrogens (tertiary/aromatic N) is 5. The molecule has 9 nitrogen and oxygen atoms in total. The molecule has 3 aromatic heterocycles. The number of ether oxygens (including phenoxy) is 2. The Hall–Kier alpha value is -2.85. The molecule has 1 N–H and O–H groups in total. The van der Waals surface area contributed by atoms with Crippen LogP contribution in [0.2, 0.25) is 0 Å². The zero-order valence-corrected chi connectivity index (χ0v) is 17.1. The van der Waals surface area contributed by atoms with E-state index < -0.39 is 0 Å². The molecule has 0 bridgehead atoms. The summed E-state index contributed by atoms with van der Waals surface area (Å²) < 4.78 is 13.3. The zero-order valence-electron chi connectivity index (χ0n) is 16.3. The van der Waals surface area contributed by atoms with Crippen LogP contribution >= 0.6 is 11.3 Å². The lowest BCUT2D eigenvalue weighted by molar-refractivity contribution is -0.114. The van der Waals surface area contributed by atoms with Gasteiger partial charge in [-0.3, -0.25) is 4.79 Å². The van der Waals surface area contributed by atoms with Gasteiger partial charge in [-0.15, -0.1) is 16.4 Å². The Morgan fingerprint density at radius 1 is 1.41 bits per heavy atom. The van der Waals surface area contributed by atoms with Crippen molar-refractivity contribution in [1.29, 1.82) is 0 Å². The molecule has 4 rings (SSSR count). The van der Waals surface area contributed by atoms with Crippen LogP contribution in [0.25, 0.3) is 21.3 Å². The second kappa shape index (κ2) is 8.66. The number of aromatic nitrogens is 5. The van der Waals surface area contributed by atoms with Gasteiger partial charge in [0.05, 0.1) is 6.61 Å². The first-order valence-electron chi connectivity index (χ1n) is 9.55. The summed E-state index contributed by atoms with van der Waals surface area (Å²) in [5, 5.41) is 8.04. The average Bonchev–Trinajstić information content (AvgIpc) is 3.36. The Labute approximate surface area is 172 Å². The van der Waals surface area contributed by atoms with Gasteiger partial charge in [-0.25, -0.2) is 19.6 Å². The second-order valence-corrected chi connectivity index (χ2v) is 7.57. The molecule has 29 heavy (non-hydrogen) atoms. The van der Waals surface area contributed by atoms with E-state index in [0.717, 1.165) is 41.3 Å². The molecular formula is C19H22N6O3S. The third-order valence-corrected chi connectivity index (χ3v) is 5.43. The summed E-state index contributed by atoms with van der Waals surface area (Å²) in [5.74, 6) is 1.35. The number of anilines is 1. The van der Waals surface area contributed by atoms with Crippen LogP contribution in [0.15, 0.2) is 24.7 Å². The van der Waals surface area contributed by atoms with Crippen molar-refractivity contribution >= 4 is 23.1 Å². The van der Waals surface area contributed by atoms with E-state index in [1.54, 1.807) is 23.3 Å². The molecule has 3 aromatic rings. The van der Waals surface area contributed by atoms with Crippen LogP contribution in [0, 0.1) is 0 Å². The van der Waals surface area contributed by atoms with Gasteiger partial charge < -0.3 is 14.8 Å². The van der Waals surface area contributed by atoms with E-state index in [1.807, 2.05) is 13.0 Å². The number of carbonyl (C=O) groups excluding carboxylic acids is 1. The highest BCUT2D eigenvalue weighted by Gasteiger charge is 2.22. The summed E-state index contributed by atoms with van der Waals surface area (Å²) in [6.45, 7) is 4.58. The van der Waals surface area contributed by atoms with Crippen molar-refractivity contribution in [3.05, 3.63) is 24.7 Å². The second-order valence-electron chi connectivity index (χ2n) is 6.57. The van der Waals surface area contributed by atoms with E-state index in [2.05, 4.69) is 25.4 Å². The van der Waals surface area contributed by atoms with Crippen LogP contribution in [0.3, 0.4) is 0 Å². The highest BCUT2D eigenvalue weighted by molar-refractivity contribution is 7.18. The van der Waals surface area contributed by atoms with Gasteiger partial charge in [0, 0.05) is 25.3 Å². The van der Waals surface area contributed by atoms with Gasteiger partial charge in [0.15, 0.2) is 12.1 Å². The van der Waals surface area contributed by atoms with Crippen molar-refractivity contribution in [2.75, 3.05) is 18.5 Å². The SMILES string of the molecule is CCOc1nc(-c2ccnc(NC(C)=O)c2)sc1-c1ncn(C2CCCCO2)n1. The number of thiazole rings is 1. The fourth-order valence-electron chi connectivity index (χ4n) is 3.07. The zero-order chi connectivity index (χ0) is 20.2. The van der Waals surface area contributed by atoms with Gasteiger partial charge in [-0.05, 0) is 38.3 Å². The first kappa shape index (κ1) is 19.5. The van der Waals surface area contributed by atoms with Crippen LogP contribution in [0.1, 0.15) is 39.3 Å². The van der Waals surface area contributed by atoms with Gasteiger partial charge in [0.2, 0.25) is 11.8 Å². The van der Waals surface area contributed by atoms with Crippen LogP contribution in [0.5, 0.6) is 5.88 Å². The molecule has 1 unspecified atom stereocenters. The number of rotatable bonds is 6. The van der Waals surface area contributed by atoms with Gasteiger partial charge >= 0.3 is 0 Å². The summed E-state index contributed by atoms with van der Waals surface area (Å²) in [6.07, 6.45) is 6.38.